The molecule has 2 atom stereocenters. The lowest BCUT2D eigenvalue weighted by Gasteiger charge is -2.30. The lowest BCUT2D eigenvalue weighted by molar-refractivity contribution is 0.156. The summed E-state index contributed by atoms with van der Waals surface area (Å²) in [5.74, 6) is 0.150. The lowest BCUT2D eigenvalue weighted by Crippen LogP contribution is -2.45. The quantitative estimate of drug-likeness (QED) is 0.803. The third-order valence-corrected chi connectivity index (χ3v) is 4.90. The van der Waals surface area contributed by atoms with Crippen molar-refractivity contribution in [1.82, 2.24) is 15.3 Å². The summed E-state index contributed by atoms with van der Waals surface area (Å²) >= 11 is 1.38. The highest BCUT2D eigenvalue weighted by atomic mass is 32.1. The van der Waals surface area contributed by atoms with Crippen molar-refractivity contribution in [3.05, 3.63) is 29.9 Å². The van der Waals surface area contributed by atoms with Gasteiger partial charge >= 0.3 is 6.03 Å². The SMILES string of the molecule is O=C(Nc1nc(-c2cccnc2)cs1)NC1CCCCC1CO. The van der Waals surface area contributed by atoms with Gasteiger partial charge in [-0.3, -0.25) is 10.3 Å². The number of pyridine rings is 1. The van der Waals surface area contributed by atoms with Gasteiger partial charge in [0, 0.05) is 41.9 Å². The maximum absolute atomic E-state index is 12.1. The van der Waals surface area contributed by atoms with Gasteiger partial charge in [0.15, 0.2) is 5.13 Å². The number of urea groups is 1. The molecular weight excluding hydrogens is 312 g/mol. The van der Waals surface area contributed by atoms with Crippen LogP contribution in [0.15, 0.2) is 29.9 Å². The van der Waals surface area contributed by atoms with Gasteiger partial charge in [0.1, 0.15) is 0 Å². The number of thiazole rings is 1. The highest BCUT2D eigenvalue weighted by molar-refractivity contribution is 7.14. The first-order valence-electron chi connectivity index (χ1n) is 7.80. The molecule has 1 saturated carbocycles. The second-order valence-corrected chi connectivity index (χ2v) is 6.57. The van der Waals surface area contributed by atoms with Crippen LogP contribution in [0.4, 0.5) is 9.93 Å². The monoisotopic (exact) mass is 332 g/mol. The highest BCUT2D eigenvalue weighted by Gasteiger charge is 2.26. The third-order valence-electron chi connectivity index (χ3n) is 4.14. The summed E-state index contributed by atoms with van der Waals surface area (Å²) in [5.41, 5.74) is 1.72. The van der Waals surface area contributed by atoms with Crippen molar-refractivity contribution in [1.29, 1.82) is 0 Å². The zero-order chi connectivity index (χ0) is 16.1. The molecule has 2 aromatic heterocycles. The Balaban J connectivity index is 1.59. The Morgan fingerprint density at radius 1 is 1.39 bits per heavy atom. The van der Waals surface area contributed by atoms with Crippen LogP contribution in [0, 0.1) is 5.92 Å². The molecular formula is C16H20N4O2S. The van der Waals surface area contributed by atoms with E-state index in [4.69, 9.17) is 0 Å². The molecule has 6 nitrogen and oxygen atoms in total. The molecule has 0 saturated heterocycles. The Bertz CT molecular complexity index is 647. The van der Waals surface area contributed by atoms with Crippen LogP contribution in [0.2, 0.25) is 0 Å². The van der Waals surface area contributed by atoms with Gasteiger partial charge in [-0.1, -0.05) is 12.8 Å². The van der Waals surface area contributed by atoms with Crippen molar-refractivity contribution < 1.29 is 9.90 Å². The fourth-order valence-corrected chi connectivity index (χ4v) is 3.61. The maximum atomic E-state index is 12.1. The smallest absolute Gasteiger partial charge is 0.321 e. The molecule has 23 heavy (non-hydrogen) atoms. The summed E-state index contributed by atoms with van der Waals surface area (Å²) in [6, 6.07) is 3.56. The predicted octanol–water partition coefficient (Wildman–Crippen LogP) is 2.88. The van der Waals surface area contributed by atoms with Gasteiger partial charge in [0.2, 0.25) is 0 Å². The number of amides is 2. The molecule has 2 aromatic rings. The maximum Gasteiger partial charge on any atom is 0.321 e. The summed E-state index contributed by atoms with van der Waals surface area (Å²) in [5, 5.41) is 17.6. The lowest BCUT2D eigenvalue weighted by atomic mass is 9.85. The number of aliphatic hydroxyl groups excluding tert-OH is 1. The Morgan fingerprint density at radius 2 is 2.26 bits per heavy atom. The molecule has 2 heterocycles. The summed E-state index contributed by atoms with van der Waals surface area (Å²) in [6.07, 6.45) is 7.54. The average molecular weight is 332 g/mol. The van der Waals surface area contributed by atoms with E-state index in [-0.39, 0.29) is 24.6 Å². The number of carbonyl (C=O) groups is 1. The first-order valence-corrected chi connectivity index (χ1v) is 8.68. The van der Waals surface area contributed by atoms with Gasteiger partial charge in [-0.2, -0.15) is 0 Å². The van der Waals surface area contributed by atoms with Crippen LogP contribution >= 0.6 is 11.3 Å². The average Bonchev–Trinajstić information content (AvgIpc) is 3.04. The van der Waals surface area contributed by atoms with Crippen LogP contribution in [0.5, 0.6) is 0 Å². The molecule has 2 unspecified atom stereocenters. The summed E-state index contributed by atoms with van der Waals surface area (Å²) in [4.78, 5) is 20.6. The van der Waals surface area contributed by atoms with E-state index in [1.165, 1.54) is 11.3 Å². The molecule has 0 radical (unpaired) electrons. The molecule has 0 spiro atoms. The van der Waals surface area contributed by atoms with E-state index in [0.717, 1.165) is 36.9 Å². The van der Waals surface area contributed by atoms with Crippen LogP contribution in [0.25, 0.3) is 11.3 Å². The number of aromatic nitrogens is 2. The Kier molecular flexibility index (Phi) is 5.19. The van der Waals surface area contributed by atoms with Crippen LogP contribution in [0.1, 0.15) is 25.7 Å². The number of aliphatic hydroxyl groups is 1. The number of nitrogens with one attached hydrogen (secondary N) is 2. The minimum absolute atomic E-state index is 0.0338. The molecule has 0 aromatic carbocycles. The van der Waals surface area contributed by atoms with Crippen molar-refractivity contribution in [2.45, 2.75) is 31.7 Å². The number of anilines is 1. The van der Waals surface area contributed by atoms with Gasteiger partial charge in [0.25, 0.3) is 0 Å². The fraction of sp³-hybridized carbons (Fsp3) is 0.438. The van der Waals surface area contributed by atoms with E-state index in [2.05, 4.69) is 20.6 Å². The minimum atomic E-state index is -0.262. The fourth-order valence-electron chi connectivity index (χ4n) is 2.90. The molecule has 0 bridgehead atoms. The second kappa shape index (κ2) is 7.52. The molecule has 7 heteroatoms. The normalized spacial score (nSPS) is 20.9. The van der Waals surface area contributed by atoms with Crippen molar-refractivity contribution >= 4 is 22.5 Å². The molecule has 1 fully saturated rings. The van der Waals surface area contributed by atoms with E-state index in [9.17, 15) is 9.90 Å². The summed E-state index contributed by atoms with van der Waals surface area (Å²) in [7, 11) is 0. The standard InChI is InChI=1S/C16H20N4O2S/c21-9-12-4-1-2-6-13(12)18-15(22)20-16-19-14(10-23-16)11-5-3-7-17-8-11/h3,5,7-8,10,12-13,21H,1-2,4,6,9H2,(H2,18,19,20,22). The van der Waals surface area contributed by atoms with Gasteiger partial charge in [-0.05, 0) is 25.0 Å². The molecule has 2 amide bonds. The van der Waals surface area contributed by atoms with Crippen LogP contribution in [-0.2, 0) is 0 Å². The van der Waals surface area contributed by atoms with Crippen LogP contribution in [-0.4, -0.2) is 33.8 Å². The van der Waals surface area contributed by atoms with Gasteiger partial charge in [0.05, 0.1) is 5.69 Å². The van der Waals surface area contributed by atoms with Gasteiger partial charge in [-0.15, -0.1) is 11.3 Å². The Hall–Kier alpha value is -1.99. The Labute approximate surface area is 139 Å². The molecule has 1 aliphatic carbocycles. The van der Waals surface area contributed by atoms with E-state index >= 15 is 0 Å². The van der Waals surface area contributed by atoms with E-state index in [0.29, 0.717) is 5.13 Å². The van der Waals surface area contributed by atoms with Crippen molar-refractivity contribution in [3.63, 3.8) is 0 Å². The zero-order valence-electron chi connectivity index (χ0n) is 12.7. The van der Waals surface area contributed by atoms with Gasteiger partial charge in [-0.25, -0.2) is 9.78 Å². The largest absolute Gasteiger partial charge is 0.396 e. The molecule has 3 rings (SSSR count). The number of rotatable bonds is 4. The number of hydrogen-bond donors (Lipinski definition) is 3. The predicted molar refractivity (Wildman–Crippen MR) is 90.3 cm³/mol. The third kappa shape index (κ3) is 4.05. The zero-order valence-corrected chi connectivity index (χ0v) is 13.6. The van der Waals surface area contributed by atoms with Crippen molar-refractivity contribution in [2.24, 2.45) is 5.92 Å². The minimum Gasteiger partial charge on any atom is -0.396 e. The number of hydrogen-bond acceptors (Lipinski definition) is 5. The van der Waals surface area contributed by atoms with Crippen molar-refractivity contribution in [2.75, 3.05) is 11.9 Å². The highest BCUT2D eigenvalue weighted by Crippen LogP contribution is 2.25. The van der Waals surface area contributed by atoms with Gasteiger partial charge < -0.3 is 10.4 Å². The van der Waals surface area contributed by atoms with Crippen LogP contribution in [0.3, 0.4) is 0 Å². The summed E-state index contributed by atoms with van der Waals surface area (Å²) in [6.45, 7) is 0.118. The molecule has 3 N–H and O–H groups in total. The topological polar surface area (TPSA) is 87.1 Å². The van der Waals surface area contributed by atoms with Crippen molar-refractivity contribution in [3.8, 4) is 11.3 Å². The van der Waals surface area contributed by atoms with E-state index in [1.54, 1.807) is 12.4 Å². The van der Waals surface area contributed by atoms with E-state index < -0.39 is 0 Å². The number of carbonyl (C=O) groups excluding carboxylic acids is 1. The molecule has 1 aliphatic rings. The molecule has 0 aliphatic heterocycles. The van der Waals surface area contributed by atoms with E-state index in [1.807, 2.05) is 17.5 Å². The first-order chi connectivity index (χ1) is 11.3. The first kappa shape index (κ1) is 15.9. The second-order valence-electron chi connectivity index (χ2n) is 5.71. The molecule has 122 valence electrons. The van der Waals surface area contributed by atoms with Crippen LogP contribution < -0.4 is 10.6 Å². The Morgan fingerprint density at radius 3 is 3.04 bits per heavy atom. The number of nitrogens with zero attached hydrogens (tertiary/aromatic N) is 2. The summed E-state index contributed by atoms with van der Waals surface area (Å²) < 4.78 is 0.